The monoisotopic (exact) mass is 299 g/mol. The van der Waals surface area contributed by atoms with Crippen molar-refractivity contribution in [3.05, 3.63) is 18.2 Å². The Morgan fingerprint density at radius 2 is 2.20 bits per heavy atom. The first-order valence-corrected chi connectivity index (χ1v) is 8.14. The van der Waals surface area contributed by atoms with Crippen LogP contribution >= 0.6 is 0 Å². The van der Waals surface area contributed by atoms with Crippen molar-refractivity contribution in [3.8, 4) is 0 Å². The zero-order valence-corrected chi connectivity index (χ0v) is 12.4. The van der Waals surface area contributed by atoms with Gasteiger partial charge in [-0.25, -0.2) is 13.6 Å². The number of rotatable bonds is 4. The zero-order chi connectivity index (χ0) is 14.8. The molecule has 0 bridgehead atoms. The maximum absolute atomic E-state index is 11.5. The standard InChI is InChI=1S/C13H21N3O3S/c1-16(8-10-4-3-7-19-9-10)11-5-2-6-12(13(11)14)20(15,17)18/h2,5-6,10H,3-4,7-9,14H2,1H3,(H2,15,17,18). The molecule has 1 aromatic rings. The molecule has 112 valence electrons. The molecule has 0 saturated carbocycles. The number of hydrogen-bond acceptors (Lipinski definition) is 5. The highest BCUT2D eigenvalue weighted by Crippen LogP contribution is 2.29. The summed E-state index contributed by atoms with van der Waals surface area (Å²) in [6.45, 7) is 2.33. The summed E-state index contributed by atoms with van der Waals surface area (Å²) in [5.41, 5.74) is 6.83. The third-order valence-electron chi connectivity index (χ3n) is 3.55. The van der Waals surface area contributed by atoms with E-state index in [9.17, 15) is 8.42 Å². The number of para-hydroxylation sites is 1. The number of ether oxygens (including phenoxy) is 1. The molecule has 6 nitrogen and oxygen atoms in total. The van der Waals surface area contributed by atoms with Crippen molar-refractivity contribution in [1.82, 2.24) is 0 Å². The lowest BCUT2D eigenvalue weighted by molar-refractivity contribution is 0.0576. The summed E-state index contributed by atoms with van der Waals surface area (Å²) >= 11 is 0. The predicted molar refractivity (Wildman–Crippen MR) is 79.0 cm³/mol. The smallest absolute Gasteiger partial charge is 0.240 e. The number of benzene rings is 1. The van der Waals surface area contributed by atoms with Crippen LogP contribution < -0.4 is 15.8 Å². The molecule has 0 aromatic heterocycles. The average Bonchev–Trinajstić information content (AvgIpc) is 2.38. The van der Waals surface area contributed by atoms with Crippen molar-refractivity contribution in [1.29, 1.82) is 0 Å². The highest BCUT2D eigenvalue weighted by atomic mass is 32.2. The fourth-order valence-corrected chi connectivity index (χ4v) is 3.23. The first kappa shape index (κ1) is 15.1. The number of sulfonamides is 1. The zero-order valence-electron chi connectivity index (χ0n) is 11.6. The van der Waals surface area contributed by atoms with Crippen molar-refractivity contribution < 1.29 is 13.2 Å². The molecule has 0 spiro atoms. The summed E-state index contributed by atoms with van der Waals surface area (Å²) in [4.78, 5) is 1.94. The maximum Gasteiger partial charge on any atom is 0.240 e. The molecule has 7 heteroatoms. The van der Waals surface area contributed by atoms with Gasteiger partial charge in [-0.3, -0.25) is 0 Å². The number of nitrogen functional groups attached to an aromatic ring is 1. The van der Waals surface area contributed by atoms with Crippen LogP contribution in [0.25, 0.3) is 0 Å². The second-order valence-corrected chi connectivity index (χ2v) is 6.73. The first-order valence-electron chi connectivity index (χ1n) is 6.59. The Kier molecular flexibility index (Phi) is 4.52. The molecule has 1 fully saturated rings. The number of anilines is 2. The second-order valence-electron chi connectivity index (χ2n) is 5.20. The molecular weight excluding hydrogens is 278 g/mol. The topological polar surface area (TPSA) is 98.6 Å². The van der Waals surface area contributed by atoms with Crippen LogP contribution in [0.5, 0.6) is 0 Å². The van der Waals surface area contributed by atoms with E-state index in [4.69, 9.17) is 15.6 Å². The van der Waals surface area contributed by atoms with Crippen molar-refractivity contribution >= 4 is 21.4 Å². The van der Waals surface area contributed by atoms with Crippen LogP contribution in [0.3, 0.4) is 0 Å². The van der Waals surface area contributed by atoms with Crippen LogP contribution in [-0.4, -0.2) is 35.2 Å². The van der Waals surface area contributed by atoms with Crippen molar-refractivity contribution in [2.45, 2.75) is 17.7 Å². The quantitative estimate of drug-likeness (QED) is 0.800. The minimum Gasteiger partial charge on any atom is -0.396 e. The highest BCUT2D eigenvalue weighted by molar-refractivity contribution is 7.89. The van der Waals surface area contributed by atoms with Gasteiger partial charge in [-0.15, -0.1) is 0 Å². The van der Waals surface area contributed by atoms with Crippen LogP contribution in [0.2, 0.25) is 0 Å². The van der Waals surface area contributed by atoms with Crippen LogP contribution in [0.15, 0.2) is 23.1 Å². The Bertz CT molecular complexity index is 568. The fraction of sp³-hybridized carbons (Fsp3) is 0.538. The molecule has 1 unspecified atom stereocenters. The molecule has 1 aromatic carbocycles. The Morgan fingerprint density at radius 3 is 2.80 bits per heavy atom. The summed E-state index contributed by atoms with van der Waals surface area (Å²) in [7, 11) is -1.90. The minimum absolute atomic E-state index is 0.0262. The van der Waals surface area contributed by atoms with Gasteiger partial charge in [0.15, 0.2) is 0 Å². The molecule has 0 aliphatic carbocycles. The molecule has 20 heavy (non-hydrogen) atoms. The molecule has 1 heterocycles. The van der Waals surface area contributed by atoms with Gasteiger partial charge in [0, 0.05) is 20.2 Å². The first-order chi connectivity index (χ1) is 9.39. The van der Waals surface area contributed by atoms with Gasteiger partial charge < -0.3 is 15.4 Å². The largest absolute Gasteiger partial charge is 0.396 e. The number of nitrogens with two attached hydrogens (primary N) is 2. The lowest BCUT2D eigenvalue weighted by Gasteiger charge is -2.29. The Balaban J connectivity index is 2.19. The van der Waals surface area contributed by atoms with Gasteiger partial charge >= 0.3 is 0 Å². The highest BCUT2D eigenvalue weighted by Gasteiger charge is 2.20. The van der Waals surface area contributed by atoms with E-state index in [2.05, 4.69) is 0 Å². The van der Waals surface area contributed by atoms with Gasteiger partial charge in [-0.1, -0.05) is 6.07 Å². The van der Waals surface area contributed by atoms with Crippen molar-refractivity contribution in [2.24, 2.45) is 11.1 Å². The Hall–Kier alpha value is -1.31. The lowest BCUT2D eigenvalue weighted by Crippen LogP contribution is -2.31. The third kappa shape index (κ3) is 3.41. The molecule has 1 aliphatic rings. The van der Waals surface area contributed by atoms with E-state index < -0.39 is 10.0 Å². The molecule has 2 rings (SSSR count). The fourth-order valence-electron chi connectivity index (χ4n) is 2.55. The van der Waals surface area contributed by atoms with E-state index in [0.717, 1.165) is 32.6 Å². The van der Waals surface area contributed by atoms with Gasteiger partial charge in [0.1, 0.15) is 4.90 Å². The molecule has 1 saturated heterocycles. The van der Waals surface area contributed by atoms with Crippen LogP contribution in [0, 0.1) is 5.92 Å². The van der Waals surface area contributed by atoms with Gasteiger partial charge in [0.25, 0.3) is 0 Å². The van der Waals surface area contributed by atoms with Crippen molar-refractivity contribution in [2.75, 3.05) is 37.4 Å². The van der Waals surface area contributed by atoms with E-state index in [1.807, 2.05) is 11.9 Å². The molecule has 4 N–H and O–H groups in total. The molecule has 0 amide bonds. The van der Waals surface area contributed by atoms with Gasteiger partial charge in [0.05, 0.1) is 18.0 Å². The summed E-state index contributed by atoms with van der Waals surface area (Å²) in [5, 5.41) is 5.16. The molecular formula is C13H21N3O3S. The predicted octanol–water partition coefficient (Wildman–Crippen LogP) is 0.779. The van der Waals surface area contributed by atoms with Gasteiger partial charge in [-0.05, 0) is 30.9 Å². The number of primary sulfonamides is 1. The van der Waals surface area contributed by atoms with E-state index >= 15 is 0 Å². The minimum atomic E-state index is -3.80. The van der Waals surface area contributed by atoms with E-state index in [-0.39, 0.29) is 10.6 Å². The number of hydrogen-bond donors (Lipinski definition) is 2. The third-order valence-corrected chi connectivity index (χ3v) is 4.52. The van der Waals surface area contributed by atoms with Gasteiger partial charge in [0.2, 0.25) is 10.0 Å². The van der Waals surface area contributed by atoms with Gasteiger partial charge in [-0.2, -0.15) is 0 Å². The Morgan fingerprint density at radius 1 is 1.45 bits per heavy atom. The van der Waals surface area contributed by atoms with E-state index in [1.165, 1.54) is 6.07 Å². The summed E-state index contributed by atoms with van der Waals surface area (Å²) in [5.74, 6) is 0.436. The average molecular weight is 299 g/mol. The van der Waals surface area contributed by atoms with E-state index in [1.54, 1.807) is 12.1 Å². The molecule has 0 radical (unpaired) electrons. The van der Waals surface area contributed by atoms with Crippen LogP contribution in [0.4, 0.5) is 11.4 Å². The number of nitrogens with zero attached hydrogens (tertiary/aromatic N) is 1. The summed E-state index contributed by atoms with van der Waals surface area (Å²) in [6.07, 6.45) is 2.17. The normalized spacial score (nSPS) is 19.8. The Labute approximate surface area is 119 Å². The second kappa shape index (κ2) is 5.99. The van der Waals surface area contributed by atoms with E-state index in [0.29, 0.717) is 11.6 Å². The van der Waals surface area contributed by atoms with Crippen LogP contribution in [-0.2, 0) is 14.8 Å². The van der Waals surface area contributed by atoms with Crippen molar-refractivity contribution in [3.63, 3.8) is 0 Å². The molecule has 1 aliphatic heterocycles. The summed E-state index contributed by atoms with van der Waals surface area (Å²) in [6, 6.07) is 4.87. The molecule has 1 atom stereocenters. The maximum atomic E-state index is 11.5. The summed E-state index contributed by atoms with van der Waals surface area (Å²) < 4.78 is 28.4. The lowest BCUT2D eigenvalue weighted by atomic mass is 10.0. The van der Waals surface area contributed by atoms with Crippen LogP contribution in [0.1, 0.15) is 12.8 Å². The SMILES string of the molecule is CN(CC1CCCOC1)c1cccc(S(N)(=O)=O)c1N.